The van der Waals surface area contributed by atoms with Gasteiger partial charge in [-0.2, -0.15) is 0 Å². The Bertz CT molecular complexity index is 1120. The molecule has 0 bridgehead atoms. The molecule has 0 saturated carbocycles. The van der Waals surface area contributed by atoms with Crippen LogP contribution in [0.5, 0.6) is 0 Å². The smallest absolute Gasteiger partial charge is 0.265 e. The lowest BCUT2D eigenvalue weighted by Crippen LogP contribution is -2.50. The third-order valence-corrected chi connectivity index (χ3v) is 5.45. The molecule has 168 valence electrons. The summed E-state index contributed by atoms with van der Waals surface area (Å²) >= 11 is 0. The zero-order valence-electron chi connectivity index (χ0n) is 18.4. The van der Waals surface area contributed by atoms with E-state index in [1.807, 2.05) is 73.7 Å². The van der Waals surface area contributed by atoms with E-state index in [2.05, 4.69) is 20.8 Å². The standard InChI is InChI=1S/C26H26N4O3/c1-18-9-11-21(12-10-18)22-15-24(33-30-22)26(32)29-23(14-19-6-3-2-4-7-19)25(31)28-17-20-8-5-13-27-16-20/h2-13,16,23-24H,14-15,17H2,1H3,(H,28,31)(H,29,32). The number of pyridine rings is 1. The van der Waals surface area contributed by atoms with Crippen LogP contribution in [-0.4, -0.2) is 34.7 Å². The predicted molar refractivity (Wildman–Crippen MR) is 125 cm³/mol. The minimum absolute atomic E-state index is 0.270. The molecule has 33 heavy (non-hydrogen) atoms. The molecule has 2 heterocycles. The SMILES string of the molecule is Cc1ccc(C2=NOC(C(=O)NC(Cc3ccccc3)C(=O)NCc3cccnc3)C2)cc1. The van der Waals surface area contributed by atoms with Crippen LogP contribution in [0.25, 0.3) is 0 Å². The Labute approximate surface area is 192 Å². The first-order valence-electron chi connectivity index (χ1n) is 10.9. The number of oxime groups is 1. The lowest BCUT2D eigenvalue weighted by atomic mass is 10.0. The van der Waals surface area contributed by atoms with E-state index in [4.69, 9.17) is 4.84 Å². The van der Waals surface area contributed by atoms with Crippen LogP contribution in [-0.2, 0) is 27.4 Å². The van der Waals surface area contributed by atoms with Crippen LogP contribution in [0.15, 0.2) is 84.3 Å². The third-order valence-electron chi connectivity index (χ3n) is 5.45. The highest BCUT2D eigenvalue weighted by molar-refractivity contribution is 6.04. The molecular weight excluding hydrogens is 416 g/mol. The lowest BCUT2D eigenvalue weighted by Gasteiger charge is -2.20. The third kappa shape index (κ3) is 6.04. The summed E-state index contributed by atoms with van der Waals surface area (Å²) in [5, 5.41) is 9.85. The Morgan fingerprint density at radius 1 is 1.03 bits per heavy atom. The van der Waals surface area contributed by atoms with Crippen molar-refractivity contribution in [3.63, 3.8) is 0 Å². The summed E-state index contributed by atoms with van der Waals surface area (Å²) in [7, 11) is 0. The summed E-state index contributed by atoms with van der Waals surface area (Å²) in [5.74, 6) is -0.632. The van der Waals surface area contributed by atoms with E-state index in [-0.39, 0.29) is 11.8 Å². The van der Waals surface area contributed by atoms with Gasteiger partial charge in [-0.15, -0.1) is 0 Å². The highest BCUT2D eigenvalue weighted by Gasteiger charge is 2.32. The molecule has 0 spiro atoms. The van der Waals surface area contributed by atoms with Gasteiger partial charge in [-0.25, -0.2) is 0 Å². The average Bonchev–Trinajstić information content (AvgIpc) is 3.34. The minimum Gasteiger partial charge on any atom is -0.382 e. The van der Waals surface area contributed by atoms with Gasteiger partial charge in [0, 0.05) is 31.8 Å². The maximum atomic E-state index is 13.0. The van der Waals surface area contributed by atoms with Crippen molar-refractivity contribution < 1.29 is 14.4 Å². The van der Waals surface area contributed by atoms with Gasteiger partial charge >= 0.3 is 0 Å². The van der Waals surface area contributed by atoms with Gasteiger partial charge in [-0.1, -0.05) is 71.4 Å². The number of nitrogens with one attached hydrogen (secondary N) is 2. The number of carbonyl (C=O) groups is 2. The zero-order chi connectivity index (χ0) is 23.0. The van der Waals surface area contributed by atoms with Gasteiger partial charge in [0.2, 0.25) is 12.0 Å². The number of carbonyl (C=O) groups excluding carboxylic acids is 2. The molecule has 1 aliphatic heterocycles. The van der Waals surface area contributed by atoms with Crippen molar-refractivity contribution in [1.82, 2.24) is 15.6 Å². The van der Waals surface area contributed by atoms with Crippen LogP contribution in [0.4, 0.5) is 0 Å². The highest BCUT2D eigenvalue weighted by Crippen LogP contribution is 2.18. The van der Waals surface area contributed by atoms with Crippen molar-refractivity contribution in [2.75, 3.05) is 0 Å². The van der Waals surface area contributed by atoms with Crippen LogP contribution in [0.1, 0.15) is 28.7 Å². The van der Waals surface area contributed by atoms with Gasteiger partial charge in [0.15, 0.2) is 0 Å². The second-order valence-corrected chi connectivity index (χ2v) is 8.03. The van der Waals surface area contributed by atoms with Gasteiger partial charge in [0.05, 0.1) is 5.71 Å². The first-order valence-corrected chi connectivity index (χ1v) is 10.9. The molecule has 4 rings (SSSR count). The predicted octanol–water partition coefficient (Wildman–Crippen LogP) is 2.93. The molecule has 0 saturated heterocycles. The van der Waals surface area contributed by atoms with Gasteiger partial charge < -0.3 is 15.5 Å². The topological polar surface area (TPSA) is 92.7 Å². The molecule has 1 aromatic heterocycles. The number of aromatic nitrogens is 1. The summed E-state index contributed by atoms with van der Waals surface area (Å²) in [5.41, 5.74) is 4.62. The van der Waals surface area contributed by atoms with E-state index in [9.17, 15) is 9.59 Å². The number of hydrogen-bond donors (Lipinski definition) is 2. The molecule has 2 aromatic carbocycles. The van der Waals surface area contributed by atoms with Crippen molar-refractivity contribution in [2.24, 2.45) is 5.16 Å². The van der Waals surface area contributed by atoms with E-state index in [0.29, 0.717) is 19.4 Å². The number of rotatable bonds is 8. The molecule has 2 unspecified atom stereocenters. The summed E-state index contributed by atoms with van der Waals surface area (Å²) < 4.78 is 0. The largest absolute Gasteiger partial charge is 0.382 e. The van der Waals surface area contributed by atoms with Crippen molar-refractivity contribution >= 4 is 17.5 Å². The van der Waals surface area contributed by atoms with E-state index >= 15 is 0 Å². The second-order valence-electron chi connectivity index (χ2n) is 8.03. The Morgan fingerprint density at radius 2 is 1.79 bits per heavy atom. The lowest BCUT2D eigenvalue weighted by molar-refractivity contribution is -0.135. The minimum atomic E-state index is -0.773. The van der Waals surface area contributed by atoms with E-state index in [1.54, 1.807) is 12.4 Å². The maximum Gasteiger partial charge on any atom is 0.265 e. The Balaban J connectivity index is 1.40. The van der Waals surface area contributed by atoms with E-state index < -0.39 is 12.1 Å². The molecule has 3 aromatic rings. The fraction of sp³-hybridized carbons (Fsp3) is 0.231. The number of amides is 2. The Hall–Kier alpha value is -4.00. The van der Waals surface area contributed by atoms with Gasteiger partial charge in [0.1, 0.15) is 6.04 Å². The molecule has 0 aliphatic carbocycles. The summed E-state index contributed by atoms with van der Waals surface area (Å²) in [4.78, 5) is 35.4. The molecule has 2 amide bonds. The molecule has 2 atom stereocenters. The van der Waals surface area contributed by atoms with Crippen LogP contribution in [0.2, 0.25) is 0 Å². The van der Waals surface area contributed by atoms with Crippen molar-refractivity contribution in [3.05, 3.63) is 101 Å². The molecule has 7 nitrogen and oxygen atoms in total. The maximum absolute atomic E-state index is 13.0. The fourth-order valence-electron chi connectivity index (χ4n) is 3.57. The summed E-state index contributed by atoms with van der Waals surface area (Å²) in [6.45, 7) is 2.34. The first kappa shape index (κ1) is 22.2. The molecule has 0 radical (unpaired) electrons. The summed E-state index contributed by atoms with van der Waals surface area (Å²) in [6, 6.07) is 20.4. The highest BCUT2D eigenvalue weighted by atomic mass is 16.6. The molecular formula is C26H26N4O3. The van der Waals surface area contributed by atoms with E-state index in [1.165, 1.54) is 0 Å². The number of hydrogen-bond acceptors (Lipinski definition) is 5. The molecule has 0 fully saturated rings. The number of benzene rings is 2. The molecule has 1 aliphatic rings. The normalized spacial score (nSPS) is 15.8. The number of nitrogens with zero attached hydrogens (tertiary/aromatic N) is 2. The van der Waals surface area contributed by atoms with Crippen LogP contribution in [0.3, 0.4) is 0 Å². The average molecular weight is 443 g/mol. The van der Waals surface area contributed by atoms with E-state index in [0.717, 1.165) is 28.0 Å². The van der Waals surface area contributed by atoms with Crippen molar-refractivity contribution in [1.29, 1.82) is 0 Å². The van der Waals surface area contributed by atoms with Crippen LogP contribution < -0.4 is 10.6 Å². The quantitative estimate of drug-likeness (QED) is 0.561. The van der Waals surface area contributed by atoms with Gasteiger partial charge in [-0.3, -0.25) is 14.6 Å². The molecule has 7 heteroatoms. The van der Waals surface area contributed by atoms with Crippen LogP contribution in [0, 0.1) is 6.92 Å². The Kier molecular flexibility index (Phi) is 7.09. The number of aryl methyl sites for hydroxylation is 1. The van der Waals surface area contributed by atoms with Crippen molar-refractivity contribution in [3.8, 4) is 0 Å². The van der Waals surface area contributed by atoms with Gasteiger partial charge in [0.25, 0.3) is 5.91 Å². The van der Waals surface area contributed by atoms with Gasteiger partial charge in [-0.05, 0) is 29.7 Å². The summed E-state index contributed by atoms with van der Waals surface area (Å²) in [6.07, 6.45) is 3.32. The first-order chi connectivity index (χ1) is 16.1. The molecule has 2 N–H and O–H groups in total. The van der Waals surface area contributed by atoms with Crippen molar-refractivity contribution in [2.45, 2.75) is 38.5 Å². The fourth-order valence-corrected chi connectivity index (χ4v) is 3.57. The van der Waals surface area contributed by atoms with Crippen LogP contribution >= 0.6 is 0 Å². The Morgan fingerprint density at radius 3 is 2.52 bits per heavy atom. The monoisotopic (exact) mass is 442 g/mol. The zero-order valence-corrected chi connectivity index (χ0v) is 18.4. The second kappa shape index (κ2) is 10.5.